The van der Waals surface area contributed by atoms with Gasteiger partial charge in [-0.1, -0.05) is 30.3 Å². The predicted molar refractivity (Wildman–Crippen MR) is 56.7 cm³/mol. The molecule has 0 saturated heterocycles. The summed E-state index contributed by atoms with van der Waals surface area (Å²) in [4.78, 5) is 11.0. The molecule has 3 heteroatoms. The maximum Gasteiger partial charge on any atom is 0.217 e. The molecule has 1 amide bonds. The van der Waals surface area contributed by atoms with Crippen LogP contribution in [0.3, 0.4) is 0 Å². The molecule has 0 radical (unpaired) electrons. The second kappa shape index (κ2) is 4.24. The van der Waals surface area contributed by atoms with E-state index in [2.05, 4.69) is 5.32 Å². The van der Waals surface area contributed by atoms with Crippen molar-refractivity contribution in [3.05, 3.63) is 35.9 Å². The van der Waals surface area contributed by atoms with E-state index in [0.29, 0.717) is 6.54 Å². The Labute approximate surface area is 84.3 Å². The molecule has 1 aromatic carbocycles. The molecule has 0 aliphatic heterocycles. The van der Waals surface area contributed by atoms with Crippen LogP contribution in [0.25, 0.3) is 0 Å². The number of carbonyl (C=O) groups is 1. The Hall–Kier alpha value is -1.35. The van der Waals surface area contributed by atoms with E-state index < -0.39 is 5.54 Å². The molecule has 0 spiro atoms. The monoisotopic (exact) mass is 192 g/mol. The molecule has 0 aliphatic rings. The quantitative estimate of drug-likeness (QED) is 0.750. The first-order valence-corrected chi connectivity index (χ1v) is 4.63. The third-order valence-electron chi connectivity index (χ3n) is 2.27. The lowest BCUT2D eigenvalue weighted by atomic mass is 9.92. The number of hydrogen-bond donors (Lipinski definition) is 2. The molecular formula is C11H16N2O. The number of benzene rings is 1. The summed E-state index contributed by atoms with van der Waals surface area (Å²) < 4.78 is 0. The van der Waals surface area contributed by atoms with Crippen LogP contribution >= 0.6 is 0 Å². The number of hydrogen-bond acceptors (Lipinski definition) is 2. The van der Waals surface area contributed by atoms with Crippen molar-refractivity contribution in [2.45, 2.75) is 19.4 Å². The van der Waals surface area contributed by atoms with Gasteiger partial charge in [-0.15, -0.1) is 0 Å². The third-order valence-corrected chi connectivity index (χ3v) is 2.27. The van der Waals surface area contributed by atoms with Crippen LogP contribution in [-0.2, 0) is 10.3 Å². The SMILES string of the molecule is CC(=O)NC(C)(CN)c1ccccc1. The summed E-state index contributed by atoms with van der Waals surface area (Å²) in [6.07, 6.45) is 0. The summed E-state index contributed by atoms with van der Waals surface area (Å²) in [6, 6.07) is 9.73. The highest BCUT2D eigenvalue weighted by molar-refractivity contribution is 5.74. The van der Waals surface area contributed by atoms with Crippen molar-refractivity contribution in [3.63, 3.8) is 0 Å². The smallest absolute Gasteiger partial charge is 0.217 e. The van der Waals surface area contributed by atoms with Gasteiger partial charge in [-0.25, -0.2) is 0 Å². The fourth-order valence-corrected chi connectivity index (χ4v) is 1.44. The van der Waals surface area contributed by atoms with Gasteiger partial charge in [0.1, 0.15) is 0 Å². The van der Waals surface area contributed by atoms with Crippen LogP contribution in [0.15, 0.2) is 30.3 Å². The van der Waals surface area contributed by atoms with Crippen LogP contribution < -0.4 is 11.1 Å². The first-order chi connectivity index (χ1) is 6.58. The van der Waals surface area contributed by atoms with Crippen molar-refractivity contribution in [1.82, 2.24) is 5.32 Å². The van der Waals surface area contributed by atoms with E-state index in [9.17, 15) is 4.79 Å². The summed E-state index contributed by atoms with van der Waals surface area (Å²) in [5.74, 6) is -0.0678. The Kier molecular flexibility index (Phi) is 3.25. The molecule has 0 aromatic heterocycles. The van der Waals surface area contributed by atoms with E-state index in [4.69, 9.17) is 5.73 Å². The zero-order valence-corrected chi connectivity index (χ0v) is 8.58. The molecule has 0 heterocycles. The van der Waals surface area contributed by atoms with E-state index >= 15 is 0 Å². The van der Waals surface area contributed by atoms with Crippen LogP contribution in [-0.4, -0.2) is 12.5 Å². The fourth-order valence-electron chi connectivity index (χ4n) is 1.44. The Balaban J connectivity index is 2.95. The van der Waals surface area contributed by atoms with Gasteiger partial charge in [0.25, 0.3) is 0 Å². The van der Waals surface area contributed by atoms with Crippen molar-refractivity contribution in [1.29, 1.82) is 0 Å². The average Bonchev–Trinajstić information content (AvgIpc) is 2.18. The molecule has 0 bridgehead atoms. The second-order valence-electron chi connectivity index (χ2n) is 3.58. The highest BCUT2D eigenvalue weighted by atomic mass is 16.1. The zero-order valence-electron chi connectivity index (χ0n) is 8.58. The molecule has 0 fully saturated rings. The van der Waals surface area contributed by atoms with E-state index in [0.717, 1.165) is 5.56 Å². The number of nitrogens with two attached hydrogens (primary N) is 1. The molecule has 3 nitrogen and oxygen atoms in total. The minimum Gasteiger partial charge on any atom is -0.346 e. The molecule has 3 N–H and O–H groups in total. The van der Waals surface area contributed by atoms with Crippen molar-refractivity contribution >= 4 is 5.91 Å². The first kappa shape index (κ1) is 10.7. The van der Waals surface area contributed by atoms with E-state index in [1.807, 2.05) is 37.3 Å². The zero-order chi connectivity index (χ0) is 10.6. The lowest BCUT2D eigenvalue weighted by Crippen LogP contribution is -2.47. The molecule has 0 aliphatic carbocycles. The van der Waals surface area contributed by atoms with Crippen LogP contribution in [0.2, 0.25) is 0 Å². The molecule has 1 atom stereocenters. The summed E-state index contributed by atoms with van der Waals surface area (Å²) in [7, 11) is 0. The fraction of sp³-hybridized carbons (Fsp3) is 0.364. The molecule has 76 valence electrons. The van der Waals surface area contributed by atoms with E-state index in [1.54, 1.807) is 0 Å². The number of carbonyl (C=O) groups excluding carboxylic acids is 1. The van der Waals surface area contributed by atoms with Gasteiger partial charge in [0.05, 0.1) is 5.54 Å². The van der Waals surface area contributed by atoms with Gasteiger partial charge in [0.15, 0.2) is 0 Å². The van der Waals surface area contributed by atoms with Crippen LogP contribution in [0.1, 0.15) is 19.4 Å². The minimum absolute atomic E-state index is 0.0678. The van der Waals surface area contributed by atoms with Crippen molar-refractivity contribution < 1.29 is 4.79 Å². The maximum atomic E-state index is 11.0. The van der Waals surface area contributed by atoms with Crippen molar-refractivity contribution in [2.24, 2.45) is 5.73 Å². The number of nitrogens with one attached hydrogen (secondary N) is 1. The first-order valence-electron chi connectivity index (χ1n) is 4.63. The Morgan fingerprint density at radius 3 is 2.43 bits per heavy atom. The molecule has 1 rings (SSSR count). The largest absolute Gasteiger partial charge is 0.346 e. The molecule has 14 heavy (non-hydrogen) atoms. The molecule has 0 saturated carbocycles. The molecule has 1 aromatic rings. The summed E-state index contributed by atoms with van der Waals surface area (Å²) >= 11 is 0. The van der Waals surface area contributed by atoms with Crippen LogP contribution in [0, 0.1) is 0 Å². The lowest BCUT2D eigenvalue weighted by molar-refractivity contribution is -0.120. The summed E-state index contributed by atoms with van der Waals surface area (Å²) in [5, 5.41) is 2.86. The van der Waals surface area contributed by atoms with Gasteiger partial charge in [-0.2, -0.15) is 0 Å². The highest BCUT2D eigenvalue weighted by Gasteiger charge is 2.25. The van der Waals surface area contributed by atoms with E-state index in [1.165, 1.54) is 6.92 Å². The molecular weight excluding hydrogens is 176 g/mol. The standard InChI is InChI=1S/C11H16N2O/c1-9(14)13-11(2,8-12)10-6-4-3-5-7-10/h3-7H,8,12H2,1-2H3,(H,13,14). The van der Waals surface area contributed by atoms with Gasteiger partial charge >= 0.3 is 0 Å². The van der Waals surface area contributed by atoms with Crippen LogP contribution in [0.4, 0.5) is 0 Å². The topological polar surface area (TPSA) is 55.1 Å². The Morgan fingerprint density at radius 1 is 1.43 bits per heavy atom. The summed E-state index contributed by atoms with van der Waals surface area (Å²) in [5.41, 5.74) is 6.23. The second-order valence-corrected chi connectivity index (χ2v) is 3.58. The van der Waals surface area contributed by atoms with Crippen molar-refractivity contribution in [3.8, 4) is 0 Å². The lowest BCUT2D eigenvalue weighted by Gasteiger charge is -2.29. The summed E-state index contributed by atoms with van der Waals surface area (Å²) in [6.45, 7) is 3.80. The van der Waals surface area contributed by atoms with Gasteiger partial charge in [0, 0.05) is 13.5 Å². The van der Waals surface area contributed by atoms with Crippen molar-refractivity contribution in [2.75, 3.05) is 6.54 Å². The van der Waals surface area contributed by atoms with Gasteiger partial charge in [-0.05, 0) is 12.5 Å². The predicted octanol–water partition coefficient (Wildman–Crippen LogP) is 0.997. The highest BCUT2D eigenvalue weighted by Crippen LogP contribution is 2.18. The maximum absolute atomic E-state index is 11.0. The Morgan fingerprint density at radius 2 is 2.00 bits per heavy atom. The number of amides is 1. The Bertz CT molecular complexity index is 310. The van der Waals surface area contributed by atoms with Gasteiger partial charge in [0.2, 0.25) is 5.91 Å². The van der Waals surface area contributed by atoms with Crippen LogP contribution in [0.5, 0.6) is 0 Å². The minimum atomic E-state index is -0.465. The average molecular weight is 192 g/mol. The molecule has 1 unspecified atom stereocenters. The third kappa shape index (κ3) is 2.33. The normalized spacial score (nSPS) is 14.5. The van der Waals surface area contributed by atoms with Gasteiger partial charge in [-0.3, -0.25) is 4.79 Å². The van der Waals surface area contributed by atoms with Gasteiger partial charge < -0.3 is 11.1 Å². The number of rotatable bonds is 3. The van der Waals surface area contributed by atoms with E-state index in [-0.39, 0.29) is 5.91 Å².